The predicted octanol–water partition coefficient (Wildman–Crippen LogP) is 3.79. The SMILES string of the molecule is Cc1cnc(-c2cccc(NC(=O)C(C#N)=Cc3ccco3)c2)o1. The summed E-state index contributed by atoms with van der Waals surface area (Å²) >= 11 is 0. The highest BCUT2D eigenvalue weighted by atomic mass is 16.4. The van der Waals surface area contributed by atoms with Gasteiger partial charge in [0.1, 0.15) is 23.2 Å². The number of nitrogens with zero attached hydrogens (tertiary/aromatic N) is 2. The number of nitrogens with one attached hydrogen (secondary N) is 1. The number of benzene rings is 1. The molecule has 0 aliphatic rings. The molecule has 0 aliphatic carbocycles. The van der Waals surface area contributed by atoms with Crippen LogP contribution in [0, 0.1) is 18.3 Å². The third-order valence-corrected chi connectivity index (χ3v) is 3.18. The van der Waals surface area contributed by atoms with Gasteiger partial charge in [0.25, 0.3) is 5.91 Å². The first-order valence-electron chi connectivity index (χ1n) is 7.15. The summed E-state index contributed by atoms with van der Waals surface area (Å²) < 4.78 is 10.6. The van der Waals surface area contributed by atoms with Crippen molar-refractivity contribution in [2.75, 3.05) is 5.32 Å². The summed E-state index contributed by atoms with van der Waals surface area (Å²) in [4.78, 5) is 16.4. The van der Waals surface area contributed by atoms with E-state index >= 15 is 0 Å². The predicted molar refractivity (Wildman–Crippen MR) is 87.6 cm³/mol. The zero-order valence-electron chi connectivity index (χ0n) is 12.8. The minimum atomic E-state index is -0.519. The quantitative estimate of drug-likeness (QED) is 0.583. The summed E-state index contributed by atoms with van der Waals surface area (Å²) in [6.07, 6.45) is 4.48. The molecule has 0 saturated carbocycles. The van der Waals surface area contributed by atoms with Crippen molar-refractivity contribution in [3.63, 3.8) is 0 Å². The average molecular weight is 319 g/mol. The lowest BCUT2D eigenvalue weighted by molar-refractivity contribution is -0.112. The number of hydrogen-bond donors (Lipinski definition) is 1. The molecular formula is C18H13N3O3. The van der Waals surface area contributed by atoms with Crippen molar-refractivity contribution in [1.82, 2.24) is 4.98 Å². The zero-order chi connectivity index (χ0) is 16.9. The molecule has 0 unspecified atom stereocenters. The maximum absolute atomic E-state index is 12.2. The second-order valence-electron chi connectivity index (χ2n) is 5.00. The molecule has 0 aliphatic heterocycles. The first-order valence-corrected chi connectivity index (χ1v) is 7.15. The van der Waals surface area contributed by atoms with E-state index in [0.29, 0.717) is 23.1 Å². The topological polar surface area (TPSA) is 92.1 Å². The zero-order valence-corrected chi connectivity index (χ0v) is 12.8. The molecule has 1 aromatic carbocycles. The Kier molecular flexibility index (Phi) is 4.25. The van der Waals surface area contributed by atoms with E-state index in [1.807, 2.05) is 12.1 Å². The maximum atomic E-state index is 12.2. The molecule has 0 fully saturated rings. The molecule has 0 bridgehead atoms. The van der Waals surface area contributed by atoms with Crippen molar-refractivity contribution in [3.8, 4) is 17.5 Å². The van der Waals surface area contributed by atoms with Crippen LogP contribution in [0.2, 0.25) is 0 Å². The van der Waals surface area contributed by atoms with Gasteiger partial charge in [-0.05, 0) is 37.3 Å². The Morgan fingerprint density at radius 1 is 1.33 bits per heavy atom. The minimum absolute atomic E-state index is 0.0534. The Morgan fingerprint density at radius 2 is 2.21 bits per heavy atom. The van der Waals surface area contributed by atoms with E-state index in [-0.39, 0.29) is 5.57 Å². The van der Waals surface area contributed by atoms with E-state index in [4.69, 9.17) is 14.1 Å². The molecule has 24 heavy (non-hydrogen) atoms. The maximum Gasteiger partial charge on any atom is 0.266 e. The summed E-state index contributed by atoms with van der Waals surface area (Å²) in [5.41, 5.74) is 1.21. The highest BCUT2D eigenvalue weighted by molar-refractivity contribution is 6.09. The lowest BCUT2D eigenvalue weighted by Gasteiger charge is -2.05. The third-order valence-electron chi connectivity index (χ3n) is 3.18. The molecule has 2 heterocycles. The third kappa shape index (κ3) is 3.42. The lowest BCUT2D eigenvalue weighted by Crippen LogP contribution is -2.13. The van der Waals surface area contributed by atoms with Gasteiger partial charge in [-0.3, -0.25) is 4.79 Å². The Hall–Kier alpha value is -3.59. The molecule has 0 saturated heterocycles. The molecular weight excluding hydrogens is 306 g/mol. The number of nitriles is 1. The number of carbonyl (C=O) groups excluding carboxylic acids is 1. The highest BCUT2D eigenvalue weighted by Crippen LogP contribution is 2.22. The fourth-order valence-corrected chi connectivity index (χ4v) is 2.08. The largest absolute Gasteiger partial charge is 0.465 e. The number of rotatable bonds is 4. The number of furan rings is 1. The Balaban J connectivity index is 1.80. The van der Waals surface area contributed by atoms with Crippen molar-refractivity contribution < 1.29 is 13.6 Å². The van der Waals surface area contributed by atoms with Crippen LogP contribution in [0.25, 0.3) is 17.5 Å². The van der Waals surface area contributed by atoms with Gasteiger partial charge in [-0.1, -0.05) is 6.07 Å². The van der Waals surface area contributed by atoms with Gasteiger partial charge in [0, 0.05) is 17.3 Å². The van der Waals surface area contributed by atoms with Crippen molar-refractivity contribution in [1.29, 1.82) is 5.26 Å². The van der Waals surface area contributed by atoms with Crippen molar-refractivity contribution in [2.24, 2.45) is 0 Å². The van der Waals surface area contributed by atoms with Crippen LogP contribution in [0.1, 0.15) is 11.5 Å². The van der Waals surface area contributed by atoms with Crippen LogP contribution in [0.15, 0.2) is 63.3 Å². The standard InChI is InChI=1S/C18H13N3O3/c1-12-11-20-18(24-12)13-4-2-5-15(8-13)21-17(22)14(10-19)9-16-6-3-7-23-16/h2-9,11H,1H3,(H,21,22). The van der Waals surface area contributed by atoms with Crippen LogP contribution in [0.4, 0.5) is 5.69 Å². The van der Waals surface area contributed by atoms with Crippen molar-refractivity contribution >= 4 is 17.7 Å². The van der Waals surface area contributed by atoms with Crippen LogP contribution in [0.3, 0.4) is 0 Å². The van der Waals surface area contributed by atoms with Crippen molar-refractivity contribution in [2.45, 2.75) is 6.92 Å². The summed E-state index contributed by atoms with van der Waals surface area (Å²) in [6.45, 7) is 1.81. The van der Waals surface area contributed by atoms with Gasteiger partial charge in [0.2, 0.25) is 5.89 Å². The number of anilines is 1. The molecule has 3 rings (SSSR count). The summed E-state index contributed by atoms with van der Waals surface area (Å²) in [5.74, 6) is 1.09. The molecule has 6 nitrogen and oxygen atoms in total. The van der Waals surface area contributed by atoms with E-state index in [1.165, 1.54) is 12.3 Å². The number of oxazole rings is 1. The number of carbonyl (C=O) groups is 1. The Bertz CT molecular complexity index is 931. The smallest absolute Gasteiger partial charge is 0.266 e. The lowest BCUT2D eigenvalue weighted by atomic mass is 10.2. The van der Waals surface area contributed by atoms with Gasteiger partial charge in [-0.2, -0.15) is 5.26 Å². The van der Waals surface area contributed by atoms with Gasteiger partial charge < -0.3 is 14.2 Å². The summed E-state index contributed by atoms with van der Waals surface area (Å²) in [6, 6.07) is 12.3. The number of hydrogen-bond acceptors (Lipinski definition) is 5. The van der Waals surface area contributed by atoms with E-state index in [0.717, 1.165) is 5.56 Å². The molecule has 0 spiro atoms. The van der Waals surface area contributed by atoms with Gasteiger partial charge in [0.15, 0.2) is 0 Å². The molecule has 2 aromatic heterocycles. The molecule has 118 valence electrons. The molecule has 0 radical (unpaired) electrons. The van der Waals surface area contributed by atoms with Crippen LogP contribution >= 0.6 is 0 Å². The van der Waals surface area contributed by atoms with Crippen LogP contribution in [-0.4, -0.2) is 10.9 Å². The monoisotopic (exact) mass is 319 g/mol. The van der Waals surface area contributed by atoms with Crippen molar-refractivity contribution in [3.05, 3.63) is 66.0 Å². The van der Waals surface area contributed by atoms with E-state index in [2.05, 4.69) is 10.3 Å². The first-order chi connectivity index (χ1) is 11.7. The fourth-order valence-electron chi connectivity index (χ4n) is 2.08. The second kappa shape index (κ2) is 6.67. The average Bonchev–Trinajstić information content (AvgIpc) is 3.24. The molecule has 3 aromatic rings. The van der Waals surface area contributed by atoms with E-state index < -0.39 is 5.91 Å². The minimum Gasteiger partial charge on any atom is -0.465 e. The van der Waals surface area contributed by atoms with E-state index in [9.17, 15) is 4.79 Å². The molecule has 1 amide bonds. The normalized spacial score (nSPS) is 11.1. The number of aromatic nitrogens is 1. The van der Waals surface area contributed by atoms with Crippen LogP contribution < -0.4 is 5.32 Å². The van der Waals surface area contributed by atoms with Gasteiger partial charge >= 0.3 is 0 Å². The van der Waals surface area contributed by atoms with E-state index in [1.54, 1.807) is 43.5 Å². The van der Waals surface area contributed by atoms with Gasteiger partial charge in [-0.25, -0.2) is 4.98 Å². The molecule has 6 heteroatoms. The second-order valence-corrected chi connectivity index (χ2v) is 5.00. The summed E-state index contributed by atoms with van der Waals surface area (Å²) in [5, 5.41) is 11.8. The van der Waals surface area contributed by atoms with Gasteiger partial charge in [0.05, 0.1) is 12.5 Å². The summed E-state index contributed by atoms with van der Waals surface area (Å²) in [7, 11) is 0. The Labute approximate surface area is 138 Å². The fraction of sp³-hybridized carbons (Fsp3) is 0.0556. The molecule has 0 atom stereocenters. The highest BCUT2D eigenvalue weighted by Gasteiger charge is 2.12. The first kappa shape index (κ1) is 15.3. The number of amides is 1. The van der Waals surface area contributed by atoms with Gasteiger partial charge in [-0.15, -0.1) is 0 Å². The Morgan fingerprint density at radius 3 is 2.88 bits per heavy atom. The molecule has 1 N–H and O–H groups in total. The number of aryl methyl sites for hydroxylation is 1. The van der Waals surface area contributed by atoms with Crippen LogP contribution in [-0.2, 0) is 4.79 Å². The van der Waals surface area contributed by atoms with Crippen LogP contribution in [0.5, 0.6) is 0 Å².